The fourth-order valence-electron chi connectivity index (χ4n) is 0.493. The van der Waals surface area contributed by atoms with Gasteiger partial charge in [-0.15, -0.1) is 0 Å². The highest BCUT2D eigenvalue weighted by Gasteiger charge is 1.88. The molecule has 0 amide bonds. The van der Waals surface area contributed by atoms with Crippen molar-refractivity contribution >= 4 is 0 Å². The summed E-state index contributed by atoms with van der Waals surface area (Å²) in [6, 6.07) is 0. The van der Waals surface area contributed by atoms with Crippen molar-refractivity contribution in [1.82, 2.24) is 0 Å². The van der Waals surface area contributed by atoms with E-state index in [0.717, 1.165) is 0 Å². The largest absolute Gasteiger partial charge is 0.473 e. The smallest absolute Gasteiger partial charge is 0.0887 e. The first kappa shape index (κ1) is 16.6. The molecule has 0 aromatic rings. The molecule has 0 saturated carbocycles. The van der Waals surface area contributed by atoms with Crippen LogP contribution in [0.3, 0.4) is 0 Å². The van der Waals surface area contributed by atoms with Crippen LogP contribution in [-0.2, 0) is 4.74 Å². The summed E-state index contributed by atoms with van der Waals surface area (Å²) in [5.41, 5.74) is 2.35. The third kappa shape index (κ3) is 24.6. The number of aliphatic hydroxyl groups is 2. The summed E-state index contributed by atoms with van der Waals surface area (Å²) in [5, 5.41) is 16.5. The van der Waals surface area contributed by atoms with E-state index in [-0.39, 0.29) is 12.7 Å². The average Bonchev–Trinajstić information content (AvgIpc) is 2.03. The van der Waals surface area contributed by atoms with Gasteiger partial charge in [0.2, 0.25) is 0 Å². The Morgan fingerprint density at radius 2 is 1.53 bits per heavy atom. The Hall–Kier alpha value is -0.800. The lowest BCUT2D eigenvalue weighted by molar-refractivity contribution is 0.148. The Kier molecular flexibility index (Phi) is 12.5. The SMILES string of the molecule is CC(C)=COC=C(C)C.CC(O)CCO. The zero-order chi connectivity index (χ0) is 12.3. The van der Waals surface area contributed by atoms with E-state index in [0.29, 0.717) is 6.42 Å². The van der Waals surface area contributed by atoms with Crippen LogP contribution in [0.2, 0.25) is 0 Å². The molecule has 15 heavy (non-hydrogen) atoms. The quantitative estimate of drug-likeness (QED) is 0.710. The van der Waals surface area contributed by atoms with E-state index < -0.39 is 0 Å². The van der Waals surface area contributed by atoms with Crippen LogP contribution in [0.15, 0.2) is 23.7 Å². The normalized spacial score (nSPS) is 10.6. The molecule has 0 aromatic carbocycles. The van der Waals surface area contributed by atoms with Crippen LogP contribution in [0.25, 0.3) is 0 Å². The Morgan fingerprint density at radius 3 is 1.67 bits per heavy atom. The van der Waals surface area contributed by atoms with Crippen LogP contribution in [-0.4, -0.2) is 22.9 Å². The second-order valence-electron chi connectivity index (χ2n) is 3.89. The first-order chi connectivity index (χ1) is 6.90. The average molecular weight is 216 g/mol. The van der Waals surface area contributed by atoms with Gasteiger partial charge in [-0.05, 0) is 52.2 Å². The van der Waals surface area contributed by atoms with Gasteiger partial charge in [-0.25, -0.2) is 0 Å². The van der Waals surface area contributed by atoms with Gasteiger partial charge in [0.25, 0.3) is 0 Å². The molecule has 0 aliphatic carbocycles. The topological polar surface area (TPSA) is 49.7 Å². The molecule has 0 aliphatic heterocycles. The molecular weight excluding hydrogens is 192 g/mol. The Labute approximate surface area is 93.1 Å². The van der Waals surface area contributed by atoms with Crippen LogP contribution >= 0.6 is 0 Å². The summed E-state index contributed by atoms with van der Waals surface area (Å²) < 4.78 is 5.03. The van der Waals surface area contributed by atoms with Gasteiger partial charge in [-0.3, -0.25) is 0 Å². The molecule has 3 heteroatoms. The molecule has 0 rings (SSSR count). The van der Waals surface area contributed by atoms with Crippen molar-refractivity contribution in [3.05, 3.63) is 23.7 Å². The maximum absolute atomic E-state index is 8.39. The van der Waals surface area contributed by atoms with Crippen molar-refractivity contribution < 1.29 is 14.9 Å². The highest BCUT2D eigenvalue weighted by molar-refractivity contribution is 4.92. The van der Waals surface area contributed by atoms with E-state index in [9.17, 15) is 0 Å². The fraction of sp³-hybridized carbons (Fsp3) is 0.667. The summed E-state index contributed by atoms with van der Waals surface area (Å²) in [5.74, 6) is 0. The minimum absolute atomic E-state index is 0.0810. The highest BCUT2D eigenvalue weighted by Crippen LogP contribution is 1.93. The highest BCUT2D eigenvalue weighted by atomic mass is 16.5. The van der Waals surface area contributed by atoms with E-state index in [1.54, 1.807) is 19.4 Å². The third-order valence-corrected chi connectivity index (χ3v) is 1.15. The first-order valence-corrected chi connectivity index (χ1v) is 5.11. The zero-order valence-corrected chi connectivity index (χ0v) is 10.4. The van der Waals surface area contributed by atoms with Gasteiger partial charge in [0, 0.05) is 6.61 Å². The van der Waals surface area contributed by atoms with Crippen LogP contribution in [0.1, 0.15) is 41.0 Å². The molecule has 0 heterocycles. The summed E-state index contributed by atoms with van der Waals surface area (Å²) in [4.78, 5) is 0. The van der Waals surface area contributed by atoms with Crippen LogP contribution in [0.5, 0.6) is 0 Å². The summed E-state index contributed by atoms with van der Waals surface area (Å²) in [7, 11) is 0. The molecule has 2 N–H and O–H groups in total. The molecule has 0 aromatic heterocycles. The third-order valence-electron chi connectivity index (χ3n) is 1.15. The number of rotatable bonds is 4. The van der Waals surface area contributed by atoms with Crippen molar-refractivity contribution in [3.8, 4) is 0 Å². The Balaban J connectivity index is 0. The minimum Gasteiger partial charge on any atom is -0.473 e. The molecule has 0 radical (unpaired) electrons. The lowest BCUT2D eigenvalue weighted by Crippen LogP contribution is -2.00. The molecule has 1 atom stereocenters. The number of allylic oxidation sites excluding steroid dienone is 2. The number of hydrogen-bond acceptors (Lipinski definition) is 3. The zero-order valence-electron chi connectivity index (χ0n) is 10.4. The van der Waals surface area contributed by atoms with Crippen molar-refractivity contribution in [3.63, 3.8) is 0 Å². The van der Waals surface area contributed by atoms with E-state index in [4.69, 9.17) is 14.9 Å². The lowest BCUT2D eigenvalue weighted by atomic mass is 10.3. The summed E-state index contributed by atoms with van der Waals surface area (Å²) >= 11 is 0. The molecule has 0 bridgehead atoms. The van der Waals surface area contributed by atoms with Crippen molar-refractivity contribution in [2.24, 2.45) is 0 Å². The maximum Gasteiger partial charge on any atom is 0.0887 e. The Bertz CT molecular complexity index is 169. The van der Waals surface area contributed by atoms with Crippen LogP contribution < -0.4 is 0 Å². The predicted octanol–water partition coefficient (Wildman–Crippen LogP) is 2.60. The van der Waals surface area contributed by atoms with Gasteiger partial charge in [0.05, 0.1) is 18.6 Å². The molecule has 0 fully saturated rings. The van der Waals surface area contributed by atoms with E-state index in [2.05, 4.69) is 0 Å². The second kappa shape index (κ2) is 11.3. The number of aliphatic hydroxyl groups excluding tert-OH is 2. The van der Waals surface area contributed by atoms with Gasteiger partial charge in [-0.1, -0.05) is 0 Å². The number of hydrogen-bond donors (Lipinski definition) is 2. The van der Waals surface area contributed by atoms with Gasteiger partial charge < -0.3 is 14.9 Å². The summed E-state index contributed by atoms with van der Waals surface area (Å²) in [6.45, 7) is 9.73. The second-order valence-corrected chi connectivity index (χ2v) is 3.89. The minimum atomic E-state index is -0.352. The fourth-order valence-corrected chi connectivity index (χ4v) is 0.493. The molecule has 0 spiro atoms. The molecular formula is C12H24O3. The first-order valence-electron chi connectivity index (χ1n) is 5.11. The molecule has 90 valence electrons. The van der Waals surface area contributed by atoms with E-state index >= 15 is 0 Å². The molecule has 0 saturated heterocycles. The van der Waals surface area contributed by atoms with Gasteiger partial charge >= 0.3 is 0 Å². The Morgan fingerprint density at radius 1 is 1.13 bits per heavy atom. The van der Waals surface area contributed by atoms with Gasteiger partial charge in [-0.2, -0.15) is 0 Å². The van der Waals surface area contributed by atoms with Crippen molar-refractivity contribution in [2.75, 3.05) is 6.61 Å². The number of ether oxygens (including phenoxy) is 1. The molecule has 3 nitrogen and oxygen atoms in total. The predicted molar refractivity (Wildman–Crippen MR) is 63.3 cm³/mol. The van der Waals surface area contributed by atoms with Gasteiger partial charge in [0.1, 0.15) is 0 Å². The van der Waals surface area contributed by atoms with Crippen LogP contribution in [0, 0.1) is 0 Å². The van der Waals surface area contributed by atoms with E-state index in [1.807, 2.05) is 27.7 Å². The van der Waals surface area contributed by atoms with Crippen LogP contribution in [0.4, 0.5) is 0 Å². The maximum atomic E-state index is 8.39. The monoisotopic (exact) mass is 216 g/mol. The summed E-state index contributed by atoms with van der Waals surface area (Å²) in [6.07, 6.45) is 3.59. The van der Waals surface area contributed by atoms with Crippen molar-refractivity contribution in [1.29, 1.82) is 0 Å². The molecule has 0 aliphatic rings. The standard InChI is InChI=1S/C8H14O.C4H10O2/c1-7(2)5-9-6-8(3)4;1-4(6)2-3-5/h5-6H,1-4H3;4-6H,2-3H2,1H3. The van der Waals surface area contributed by atoms with Crippen molar-refractivity contribution in [2.45, 2.75) is 47.1 Å². The lowest BCUT2D eigenvalue weighted by Gasteiger charge is -1.95. The van der Waals surface area contributed by atoms with E-state index in [1.165, 1.54) is 11.1 Å². The molecule has 1 unspecified atom stereocenters. The van der Waals surface area contributed by atoms with Gasteiger partial charge in [0.15, 0.2) is 0 Å².